The normalized spacial score (nSPS) is 14.2. The Morgan fingerprint density at radius 1 is 0.333 bits per heavy atom. The first-order valence-electron chi connectivity index (χ1n) is 18.8. The van der Waals surface area contributed by atoms with Crippen LogP contribution in [0.25, 0.3) is 88.7 Å². The van der Waals surface area contributed by atoms with E-state index in [1.807, 2.05) is 60.7 Å². The van der Waals surface area contributed by atoms with Gasteiger partial charge < -0.3 is 0 Å². The average Bonchev–Trinajstić information content (AvgIpc) is 3.22. The zero-order chi connectivity index (χ0) is 36.6. The molecule has 10 rings (SSSR count). The lowest BCUT2D eigenvalue weighted by Crippen LogP contribution is -2.43. The lowest BCUT2D eigenvalue weighted by Gasteiger charge is -2.48. The smallest absolute Gasteiger partial charge is 0.164 e. The molecule has 0 saturated carbocycles. The summed E-state index contributed by atoms with van der Waals surface area (Å²) in [6.45, 7) is 9.66. The minimum absolute atomic E-state index is 0.0513. The highest BCUT2D eigenvalue weighted by Gasteiger charge is 2.46. The standard InChI is InChI=1S/C51H39N3/c1-50(2)44-28-26-32-15-11-12-22-39(32)46(44)43-31-42-36(30-45(43)51(50,3)4)25-27-41-38(23-14-24-40(41)42)35-20-13-21-37(29-35)49-53-47(33-16-7-5-8-17-33)52-48(54-49)34-18-9-6-10-19-34/h5-31H,1-4H3. The summed E-state index contributed by atoms with van der Waals surface area (Å²) in [6.07, 6.45) is 0. The highest BCUT2D eigenvalue weighted by atomic mass is 15.0. The highest BCUT2D eigenvalue weighted by molar-refractivity contribution is 6.14. The van der Waals surface area contributed by atoms with Gasteiger partial charge in [0.2, 0.25) is 0 Å². The molecule has 3 nitrogen and oxygen atoms in total. The van der Waals surface area contributed by atoms with Gasteiger partial charge in [0.15, 0.2) is 17.5 Å². The summed E-state index contributed by atoms with van der Waals surface area (Å²) in [5, 5.41) is 7.62. The van der Waals surface area contributed by atoms with Crippen LogP contribution in [0.5, 0.6) is 0 Å². The van der Waals surface area contributed by atoms with Crippen molar-refractivity contribution in [2.24, 2.45) is 0 Å². The van der Waals surface area contributed by atoms with E-state index < -0.39 is 0 Å². The van der Waals surface area contributed by atoms with Crippen molar-refractivity contribution in [3.8, 4) is 56.4 Å². The maximum Gasteiger partial charge on any atom is 0.164 e. The van der Waals surface area contributed by atoms with Gasteiger partial charge in [0.25, 0.3) is 0 Å². The minimum Gasteiger partial charge on any atom is -0.208 e. The predicted octanol–water partition coefficient (Wildman–Crippen LogP) is 13.2. The second-order valence-electron chi connectivity index (χ2n) is 15.7. The van der Waals surface area contributed by atoms with Crippen LogP contribution in [0, 0.1) is 0 Å². The molecule has 1 aliphatic carbocycles. The summed E-state index contributed by atoms with van der Waals surface area (Å²) in [5.74, 6) is 1.97. The van der Waals surface area contributed by atoms with E-state index >= 15 is 0 Å². The molecule has 0 fully saturated rings. The van der Waals surface area contributed by atoms with Crippen molar-refractivity contribution in [2.75, 3.05) is 0 Å². The molecule has 3 heteroatoms. The number of hydrogen-bond donors (Lipinski definition) is 0. The second kappa shape index (κ2) is 12.0. The number of nitrogens with zero attached hydrogens (tertiary/aromatic N) is 3. The molecule has 0 atom stereocenters. The van der Waals surface area contributed by atoms with Crippen LogP contribution in [0.3, 0.4) is 0 Å². The average molecular weight is 694 g/mol. The van der Waals surface area contributed by atoms with E-state index in [2.05, 4.69) is 131 Å². The predicted molar refractivity (Wildman–Crippen MR) is 226 cm³/mol. The molecule has 54 heavy (non-hydrogen) atoms. The third-order valence-corrected chi connectivity index (χ3v) is 12.3. The molecule has 1 aromatic heterocycles. The van der Waals surface area contributed by atoms with E-state index in [0.29, 0.717) is 17.5 Å². The van der Waals surface area contributed by atoms with E-state index in [4.69, 9.17) is 15.0 Å². The van der Waals surface area contributed by atoms with Crippen LogP contribution in [0.2, 0.25) is 0 Å². The maximum absolute atomic E-state index is 5.02. The first kappa shape index (κ1) is 32.2. The van der Waals surface area contributed by atoms with Crippen LogP contribution < -0.4 is 0 Å². The van der Waals surface area contributed by atoms with Gasteiger partial charge in [0.05, 0.1) is 0 Å². The van der Waals surface area contributed by atoms with Gasteiger partial charge in [-0.05, 0) is 94.7 Å². The molecule has 0 aliphatic heterocycles. The Morgan fingerprint density at radius 2 is 0.889 bits per heavy atom. The lowest BCUT2D eigenvalue weighted by atomic mass is 9.55. The Balaban J connectivity index is 1.15. The Bertz CT molecular complexity index is 2870. The van der Waals surface area contributed by atoms with Crippen LogP contribution in [-0.2, 0) is 10.8 Å². The number of hydrogen-bond acceptors (Lipinski definition) is 3. The van der Waals surface area contributed by atoms with Crippen molar-refractivity contribution in [2.45, 2.75) is 38.5 Å². The molecule has 1 heterocycles. The number of fused-ring (bicyclic) bond motifs is 8. The molecule has 0 spiro atoms. The van der Waals surface area contributed by atoms with Crippen molar-refractivity contribution in [3.63, 3.8) is 0 Å². The van der Waals surface area contributed by atoms with Crippen LogP contribution in [0.15, 0.2) is 164 Å². The van der Waals surface area contributed by atoms with Crippen molar-refractivity contribution in [1.29, 1.82) is 0 Å². The Hall–Kier alpha value is -6.45. The number of benzene rings is 8. The summed E-state index contributed by atoms with van der Waals surface area (Å²) in [6, 6.07) is 58.7. The van der Waals surface area contributed by atoms with Crippen molar-refractivity contribution in [1.82, 2.24) is 15.0 Å². The van der Waals surface area contributed by atoms with Gasteiger partial charge in [0, 0.05) is 16.7 Å². The largest absolute Gasteiger partial charge is 0.208 e. The molecule has 0 radical (unpaired) electrons. The Morgan fingerprint density at radius 3 is 1.61 bits per heavy atom. The van der Waals surface area contributed by atoms with Crippen LogP contribution in [0.4, 0.5) is 0 Å². The van der Waals surface area contributed by atoms with Crippen molar-refractivity contribution >= 4 is 32.3 Å². The molecular formula is C51H39N3. The van der Waals surface area contributed by atoms with E-state index in [9.17, 15) is 0 Å². The fourth-order valence-corrected chi connectivity index (χ4v) is 8.64. The minimum atomic E-state index is -0.0704. The first-order valence-corrected chi connectivity index (χ1v) is 18.8. The van der Waals surface area contributed by atoms with Crippen molar-refractivity contribution in [3.05, 3.63) is 175 Å². The van der Waals surface area contributed by atoms with Gasteiger partial charge in [0.1, 0.15) is 0 Å². The zero-order valence-corrected chi connectivity index (χ0v) is 30.9. The molecule has 0 amide bonds. The zero-order valence-electron chi connectivity index (χ0n) is 30.9. The molecule has 0 N–H and O–H groups in total. The third-order valence-electron chi connectivity index (χ3n) is 12.3. The molecular weight excluding hydrogens is 655 g/mol. The molecule has 0 bridgehead atoms. The third kappa shape index (κ3) is 4.92. The monoisotopic (exact) mass is 693 g/mol. The van der Waals surface area contributed by atoms with Gasteiger partial charge in [-0.15, -0.1) is 0 Å². The molecule has 9 aromatic rings. The van der Waals surface area contributed by atoms with E-state index in [0.717, 1.165) is 22.3 Å². The highest BCUT2D eigenvalue weighted by Crippen LogP contribution is 2.56. The summed E-state index contributed by atoms with van der Waals surface area (Å²) < 4.78 is 0. The summed E-state index contributed by atoms with van der Waals surface area (Å²) in [7, 11) is 0. The molecule has 0 unspecified atom stereocenters. The SMILES string of the molecule is CC1(C)c2cc3ccc4c(-c5cccc(-c6nc(-c7ccccc7)nc(-c7ccccc7)n6)c5)cccc4c3cc2-c2c(ccc3ccccc23)C1(C)C. The van der Waals surface area contributed by atoms with Crippen molar-refractivity contribution < 1.29 is 0 Å². The van der Waals surface area contributed by atoms with Gasteiger partial charge in [-0.3, -0.25) is 0 Å². The number of rotatable bonds is 4. The van der Waals surface area contributed by atoms with E-state index in [1.54, 1.807) is 0 Å². The summed E-state index contributed by atoms with van der Waals surface area (Å²) in [5.41, 5.74) is 10.6. The summed E-state index contributed by atoms with van der Waals surface area (Å²) >= 11 is 0. The van der Waals surface area contributed by atoms with Gasteiger partial charge in [-0.1, -0.05) is 173 Å². The fourth-order valence-electron chi connectivity index (χ4n) is 8.64. The molecule has 258 valence electrons. The van der Waals surface area contributed by atoms with Crippen LogP contribution in [0.1, 0.15) is 38.8 Å². The fraction of sp³-hybridized carbons (Fsp3) is 0.118. The van der Waals surface area contributed by atoms with Gasteiger partial charge in [-0.2, -0.15) is 0 Å². The van der Waals surface area contributed by atoms with E-state index in [-0.39, 0.29) is 10.8 Å². The van der Waals surface area contributed by atoms with Gasteiger partial charge in [-0.25, -0.2) is 15.0 Å². The topological polar surface area (TPSA) is 38.7 Å². The first-order chi connectivity index (χ1) is 26.3. The van der Waals surface area contributed by atoms with Crippen LogP contribution in [-0.4, -0.2) is 15.0 Å². The van der Waals surface area contributed by atoms with Crippen LogP contribution >= 0.6 is 0 Å². The lowest BCUT2D eigenvalue weighted by molar-refractivity contribution is 0.299. The summed E-state index contributed by atoms with van der Waals surface area (Å²) in [4.78, 5) is 14.9. The molecule has 1 aliphatic rings. The molecule has 0 saturated heterocycles. The number of aromatic nitrogens is 3. The quantitative estimate of drug-likeness (QED) is 0.172. The second-order valence-corrected chi connectivity index (χ2v) is 15.7. The Labute approximate surface area is 316 Å². The van der Waals surface area contributed by atoms with Gasteiger partial charge >= 0.3 is 0 Å². The Kier molecular flexibility index (Phi) is 7.19. The molecule has 8 aromatic carbocycles. The maximum atomic E-state index is 5.02. The van der Waals surface area contributed by atoms with E-state index in [1.165, 1.54) is 60.1 Å².